The zero-order valence-corrected chi connectivity index (χ0v) is 28.4. The Balaban J connectivity index is 1.29. The van der Waals surface area contributed by atoms with Crippen molar-refractivity contribution in [3.63, 3.8) is 0 Å². The van der Waals surface area contributed by atoms with Crippen LogP contribution in [0.5, 0.6) is 11.5 Å². The predicted molar refractivity (Wildman–Crippen MR) is 173 cm³/mol. The Morgan fingerprint density at radius 2 is 1.93 bits per heavy atom. The number of carbonyl (C=O) groups excluding carboxylic acids is 3. The summed E-state index contributed by atoms with van der Waals surface area (Å²) in [6, 6.07) is 17.4. The molecule has 2 aliphatic rings. The number of piperidine rings is 1. The summed E-state index contributed by atoms with van der Waals surface area (Å²) in [6.07, 6.45) is 3.38. The normalized spacial score (nSPS) is 19.8. The number of likely N-dealkylation sites (N-methyl/N-ethyl adjacent to an activating group) is 1. The minimum absolute atomic E-state index is 0.000276. The fraction of sp³-hybridized carbons (Fsp3) is 0.312. The van der Waals surface area contributed by atoms with Crippen molar-refractivity contribution in [1.29, 1.82) is 0 Å². The summed E-state index contributed by atoms with van der Waals surface area (Å²) < 4.78 is 8.13. The van der Waals surface area contributed by atoms with Gasteiger partial charge in [-0.3, -0.25) is 0 Å². The number of nitrogens with zero attached hydrogens (tertiary/aromatic N) is 3. The molecule has 9 nitrogen and oxygen atoms in total. The molecule has 0 aliphatic carbocycles. The third-order valence-corrected chi connectivity index (χ3v) is 21.3. The molecule has 222 valence electrons. The number of benzene rings is 2. The number of aromatic nitrogens is 1. The van der Waals surface area contributed by atoms with Crippen LogP contribution in [0.15, 0.2) is 60.8 Å². The van der Waals surface area contributed by atoms with Crippen LogP contribution in [0.3, 0.4) is 0 Å². The first kappa shape index (κ1) is 29.6. The van der Waals surface area contributed by atoms with Crippen molar-refractivity contribution in [2.24, 2.45) is 0 Å². The molecule has 0 radical (unpaired) electrons. The number of amides is 3. The molecule has 2 aromatic carbocycles. The monoisotopic (exact) mass is 705 g/mol. The number of hydrogen-bond acceptors (Lipinski definition) is 7. The van der Waals surface area contributed by atoms with E-state index < -0.39 is 18.4 Å². The molecule has 1 unspecified atom stereocenters. The first-order valence-electron chi connectivity index (χ1n) is 14.5. The van der Waals surface area contributed by atoms with Crippen molar-refractivity contribution >= 4 is 68.5 Å². The van der Waals surface area contributed by atoms with E-state index in [0.717, 1.165) is 47.3 Å². The third-order valence-electron chi connectivity index (χ3n) is 8.31. The summed E-state index contributed by atoms with van der Waals surface area (Å²) in [4.78, 5) is 52.0. The van der Waals surface area contributed by atoms with E-state index >= 15 is 0 Å². The number of carbonyl (C=O) groups is 3. The Kier molecular flexibility index (Phi) is 8.18. The molecule has 2 atom stereocenters. The molecule has 2 N–H and O–H groups in total. The average Bonchev–Trinajstić information content (AvgIpc) is 3.35. The first-order valence-corrected chi connectivity index (χ1v) is 22.4. The van der Waals surface area contributed by atoms with Gasteiger partial charge in [-0.15, -0.1) is 0 Å². The van der Waals surface area contributed by atoms with Crippen molar-refractivity contribution in [3.8, 4) is 11.5 Å². The van der Waals surface area contributed by atoms with Crippen LogP contribution in [0.2, 0.25) is 4.94 Å². The van der Waals surface area contributed by atoms with Gasteiger partial charge in [0.15, 0.2) is 0 Å². The van der Waals surface area contributed by atoms with Gasteiger partial charge in [0, 0.05) is 0 Å². The number of thiophene rings is 1. The molecule has 6 rings (SSSR count). The van der Waals surface area contributed by atoms with Crippen molar-refractivity contribution in [3.05, 3.63) is 71.2 Å². The van der Waals surface area contributed by atoms with E-state index in [0.29, 0.717) is 30.2 Å². The number of aryl methyl sites for hydroxylation is 1. The number of nitrogens with one attached hydrogen (secondary N) is 2. The second-order valence-electron chi connectivity index (χ2n) is 11.7. The number of pyridine rings is 1. The van der Waals surface area contributed by atoms with Crippen molar-refractivity contribution in [1.82, 2.24) is 20.1 Å². The zero-order chi connectivity index (χ0) is 30.3. The maximum absolute atomic E-state index is 14.1. The molecule has 0 bridgehead atoms. The Hall–Kier alpha value is -3.48. The fourth-order valence-electron chi connectivity index (χ4n) is 6.18. The quantitative estimate of drug-likeness (QED) is 0.282. The van der Waals surface area contributed by atoms with Crippen molar-refractivity contribution < 1.29 is 19.1 Å². The van der Waals surface area contributed by atoms with E-state index in [1.807, 2.05) is 85.4 Å². The van der Waals surface area contributed by atoms with E-state index in [9.17, 15) is 14.4 Å². The molecule has 1 fully saturated rings. The Morgan fingerprint density at radius 1 is 1.14 bits per heavy atom. The first-order chi connectivity index (χ1) is 20.6. The fourth-order valence-corrected chi connectivity index (χ4v) is 17.7. The van der Waals surface area contributed by atoms with E-state index in [-0.39, 0.29) is 21.8 Å². The third kappa shape index (κ3) is 5.63. The van der Waals surface area contributed by atoms with Gasteiger partial charge >= 0.3 is 246 Å². The summed E-state index contributed by atoms with van der Waals surface area (Å²) in [5.41, 5.74) is 1.56. The summed E-state index contributed by atoms with van der Waals surface area (Å²) in [5, 5.41) is 7.20. The van der Waals surface area contributed by atoms with E-state index in [1.54, 1.807) is 6.20 Å². The SMILES string of the molecule is Cc1cc(Oc2ccccc2)cc[c]1[Sn]1([CH3])[C](=O)Nc2c(C(=O)N[C@@H]3CCCN(C(=O)CN(C)C)C3)sc3ncc[c]1c23. The summed E-state index contributed by atoms with van der Waals surface area (Å²) >= 11 is -2.63. The molecule has 0 spiro atoms. The van der Waals surface area contributed by atoms with Gasteiger partial charge in [0.05, 0.1) is 0 Å². The average molecular weight is 704 g/mol. The molecule has 2 aromatic heterocycles. The van der Waals surface area contributed by atoms with Crippen LogP contribution < -0.4 is 22.5 Å². The van der Waals surface area contributed by atoms with E-state index in [2.05, 4.69) is 20.6 Å². The van der Waals surface area contributed by atoms with Crippen molar-refractivity contribution in [2.45, 2.75) is 30.7 Å². The molecular weight excluding hydrogens is 669 g/mol. The van der Waals surface area contributed by atoms with Crippen LogP contribution in [-0.4, -0.2) is 88.7 Å². The molecule has 3 amide bonds. The van der Waals surface area contributed by atoms with Gasteiger partial charge in [-0.05, 0) is 14.1 Å². The summed E-state index contributed by atoms with van der Waals surface area (Å²) in [6.45, 7) is 3.54. The van der Waals surface area contributed by atoms with Gasteiger partial charge < -0.3 is 0 Å². The van der Waals surface area contributed by atoms with Crippen LogP contribution in [0.4, 0.5) is 10.5 Å². The zero-order valence-electron chi connectivity index (χ0n) is 24.8. The number of likely N-dealkylation sites (tertiary alicyclic amines) is 1. The molecule has 0 saturated carbocycles. The van der Waals surface area contributed by atoms with Gasteiger partial charge in [0.2, 0.25) is 0 Å². The minimum atomic E-state index is -3.94. The number of hydrogen-bond donors (Lipinski definition) is 2. The molecule has 11 heteroatoms. The molecule has 2 aliphatic heterocycles. The van der Waals surface area contributed by atoms with Crippen LogP contribution in [-0.2, 0) is 4.79 Å². The number of para-hydroxylation sites is 1. The second-order valence-corrected chi connectivity index (χ2v) is 23.5. The molecule has 43 heavy (non-hydrogen) atoms. The molecule has 4 aromatic rings. The number of rotatable bonds is 7. The van der Waals surface area contributed by atoms with Crippen LogP contribution in [0.25, 0.3) is 10.2 Å². The summed E-state index contributed by atoms with van der Waals surface area (Å²) in [5.74, 6) is 1.29. The second kappa shape index (κ2) is 11.9. The van der Waals surface area contributed by atoms with Gasteiger partial charge in [-0.2, -0.15) is 0 Å². The van der Waals surface area contributed by atoms with E-state index in [4.69, 9.17) is 4.74 Å². The Labute approximate surface area is 259 Å². The topological polar surface area (TPSA) is 104 Å². The number of anilines is 1. The number of ether oxygens (including phenoxy) is 1. The van der Waals surface area contributed by atoms with E-state index in [1.165, 1.54) is 11.3 Å². The standard InChI is InChI=1S/C18H21N5O3S.C13H11O.CH3.Sn/c1-22(2)10-14(25)23-8-4-5-12(9-23)21-17(26)16-15(20-11-24)13-6-3-7-19-18(13)27-16;1-11-6-5-9-13(10-11)14-12-7-3-2-4-8-12;;/h3,7,12H,4-5,8-10H2,1-2H3,(H,20,24)(H,21,26);2-5,7-10H,1H3;1H3;/t12-;;;/m1.../s1. The van der Waals surface area contributed by atoms with Gasteiger partial charge in [0.1, 0.15) is 0 Å². The molecule has 4 heterocycles. The van der Waals surface area contributed by atoms with Gasteiger partial charge in [-0.25, -0.2) is 0 Å². The van der Waals surface area contributed by atoms with Gasteiger partial charge in [0.25, 0.3) is 0 Å². The molecule has 1 saturated heterocycles. The van der Waals surface area contributed by atoms with Crippen molar-refractivity contribution in [2.75, 3.05) is 39.0 Å². The van der Waals surface area contributed by atoms with Crippen LogP contribution in [0, 0.1) is 6.92 Å². The van der Waals surface area contributed by atoms with Crippen LogP contribution in [0.1, 0.15) is 28.1 Å². The summed E-state index contributed by atoms with van der Waals surface area (Å²) in [7, 11) is 3.74. The Bertz CT molecular complexity index is 1730. The maximum atomic E-state index is 14.1. The Morgan fingerprint density at radius 3 is 2.67 bits per heavy atom. The van der Waals surface area contributed by atoms with Crippen LogP contribution >= 0.6 is 11.3 Å². The molecular formula is C32H35N5O4SSn. The van der Waals surface area contributed by atoms with Gasteiger partial charge in [-0.1, -0.05) is 0 Å². The predicted octanol–water partition coefficient (Wildman–Crippen LogP) is 4.00.